The highest BCUT2D eigenvalue weighted by Crippen LogP contribution is 2.23. The molecule has 0 radical (unpaired) electrons. The van der Waals surface area contributed by atoms with Gasteiger partial charge in [0, 0.05) is 55.6 Å². The lowest BCUT2D eigenvalue weighted by Gasteiger charge is -2.36. The number of rotatable bonds is 7. The monoisotopic (exact) mass is 461 g/mol. The molecule has 0 aliphatic carbocycles. The average Bonchev–Trinajstić information content (AvgIpc) is 3.33. The third-order valence-corrected chi connectivity index (χ3v) is 5.75. The van der Waals surface area contributed by atoms with E-state index in [4.69, 9.17) is 4.42 Å². The summed E-state index contributed by atoms with van der Waals surface area (Å²) >= 11 is 0. The van der Waals surface area contributed by atoms with E-state index < -0.39 is 0 Å². The van der Waals surface area contributed by atoms with Crippen molar-refractivity contribution in [1.82, 2.24) is 4.90 Å². The van der Waals surface area contributed by atoms with Crippen LogP contribution in [0.4, 0.5) is 15.8 Å². The van der Waals surface area contributed by atoms with E-state index in [0.717, 1.165) is 43.9 Å². The number of amides is 2. The minimum Gasteiger partial charge on any atom is -0.457 e. The van der Waals surface area contributed by atoms with Gasteiger partial charge in [0.25, 0.3) is 0 Å². The molecule has 0 spiro atoms. The molecule has 1 fully saturated rings. The number of piperazine rings is 1. The first-order valence-corrected chi connectivity index (χ1v) is 11.5. The van der Waals surface area contributed by atoms with Gasteiger partial charge in [-0.05, 0) is 73.2 Å². The highest BCUT2D eigenvalue weighted by Gasteiger charge is 2.20. The topological polar surface area (TPSA) is 65.8 Å². The number of benzene rings is 2. The molecule has 2 amide bonds. The molecule has 1 N–H and O–H groups in total. The van der Waals surface area contributed by atoms with E-state index in [-0.39, 0.29) is 17.6 Å². The predicted molar refractivity (Wildman–Crippen MR) is 132 cm³/mol. The second-order valence-corrected chi connectivity index (χ2v) is 8.20. The zero-order valence-electron chi connectivity index (χ0n) is 19.2. The number of hydrogen-bond donors (Lipinski definition) is 1. The number of hydrogen-bond acceptors (Lipinski definition) is 4. The van der Waals surface area contributed by atoms with Crippen molar-refractivity contribution in [3.8, 4) is 11.3 Å². The van der Waals surface area contributed by atoms with Crippen LogP contribution < -0.4 is 10.2 Å². The first kappa shape index (κ1) is 23.3. The molecule has 1 aromatic heterocycles. The standard InChI is InChI=1S/C27H28FN3O3/c1-2-3-27(33)31-18-16-30(17-19-31)23-10-8-22(9-11-23)29-26(32)15-13-24-12-14-25(34-24)20-4-6-21(28)7-5-20/h4-15H,2-3,16-19H2,1H3,(H,29,32)/b15-13+. The number of nitrogens with zero attached hydrogens (tertiary/aromatic N) is 2. The van der Waals surface area contributed by atoms with E-state index in [2.05, 4.69) is 10.2 Å². The van der Waals surface area contributed by atoms with E-state index in [1.54, 1.807) is 30.3 Å². The number of carbonyl (C=O) groups excluding carboxylic acids is 2. The van der Waals surface area contributed by atoms with Crippen LogP contribution in [0, 0.1) is 5.82 Å². The molecule has 2 aromatic carbocycles. The lowest BCUT2D eigenvalue weighted by atomic mass is 10.2. The van der Waals surface area contributed by atoms with Crippen molar-refractivity contribution in [3.05, 3.63) is 78.3 Å². The van der Waals surface area contributed by atoms with Gasteiger partial charge in [-0.3, -0.25) is 9.59 Å². The van der Waals surface area contributed by atoms with Crippen LogP contribution in [0.25, 0.3) is 17.4 Å². The smallest absolute Gasteiger partial charge is 0.248 e. The summed E-state index contributed by atoms with van der Waals surface area (Å²) in [6, 6.07) is 17.3. The molecular weight excluding hydrogens is 433 g/mol. The molecule has 34 heavy (non-hydrogen) atoms. The van der Waals surface area contributed by atoms with Crippen LogP contribution in [0.5, 0.6) is 0 Å². The first-order valence-electron chi connectivity index (χ1n) is 11.5. The van der Waals surface area contributed by atoms with Gasteiger partial charge >= 0.3 is 0 Å². The van der Waals surface area contributed by atoms with Crippen molar-refractivity contribution in [2.45, 2.75) is 19.8 Å². The van der Waals surface area contributed by atoms with E-state index in [0.29, 0.717) is 23.6 Å². The van der Waals surface area contributed by atoms with Gasteiger partial charge in [-0.25, -0.2) is 4.39 Å². The molecule has 1 saturated heterocycles. The molecule has 0 atom stereocenters. The van der Waals surface area contributed by atoms with Crippen molar-refractivity contribution in [1.29, 1.82) is 0 Å². The molecule has 3 aromatic rings. The fourth-order valence-corrected chi connectivity index (χ4v) is 3.90. The second kappa shape index (κ2) is 10.8. The quantitative estimate of drug-likeness (QED) is 0.492. The number of nitrogens with one attached hydrogen (secondary N) is 1. The molecule has 7 heteroatoms. The van der Waals surface area contributed by atoms with Crippen LogP contribution in [0.15, 0.2) is 71.2 Å². The minimum absolute atomic E-state index is 0.231. The number of carbonyl (C=O) groups is 2. The molecule has 0 saturated carbocycles. The third kappa shape index (κ3) is 5.92. The summed E-state index contributed by atoms with van der Waals surface area (Å²) in [6.45, 7) is 5.09. The Morgan fingerprint density at radius 2 is 1.68 bits per heavy atom. The molecule has 2 heterocycles. The van der Waals surface area contributed by atoms with Crippen LogP contribution in [0.2, 0.25) is 0 Å². The van der Waals surface area contributed by atoms with Crippen LogP contribution in [0.3, 0.4) is 0 Å². The van der Waals surface area contributed by atoms with Crippen LogP contribution >= 0.6 is 0 Å². The Morgan fingerprint density at radius 3 is 2.35 bits per heavy atom. The van der Waals surface area contributed by atoms with Gasteiger partial charge < -0.3 is 19.5 Å². The Morgan fingerprint density at radius 1 is 0.971 bits per heavy atom. The van der Waals surface area contributed by atoms with Gasteiger partial charge in [0.1, 0.15) is 17.3 Å². The van der Waals surface area contributed by atoms with Crippen LogP contribution in [0.1, 0.15) is 25.5 Å². The largest absolute Gasteiger partial charge is 0.457 e. The highest BCUT2D eigenvalue weighted by atomic mass is 19.1. The van der Waals surface area contributed by atoms with Crippen LogP contribution in [-0.4, -0.2) is 42.9 Å². The van der Waals surface area contributed by atoms with E-state index in [1.165, 1.54) is 18.2 Å². The maximum atomic E-state index is 13.1. The zero-order valence-corrected chi connectivity index (χ0v) is 19.2. The van der Waals surface area contributed by atoms with Gasteiger partial charge in [0.2, 0.25) is 11.8 Å². The lowest BCUT2D eigenvalue weighted by molar-refractivity contribution is -0.131. The molecule has 0 unspecified atom stereocenters. The van der Waals surface area contributed by atoms with Crippen molar-refractivity contribution in [2.75, 3.05) is 36.4 Å². The maximum Gasteiger partial charge on any atom is 0.248 e. The summed E-state index contributed by atoms with van der Waals surface area (Å²) in [7, 11) is 0. The molecule has 0 bridgehead atoms. The zero-order chi connectivity index (χ0) is 23.9. The van der Waals surface area contributed by atoms with Gasteiger partial charge in [0.05, 0.1) is 0 Å². The fourth-order valence-electron chi connectivity index (χ4n) is 3.90. The number of anilines is 2. The normalized spacial score (nSPS) is 13.9. The molecule has 1 aliphatic rings. The Labute approximate surface area is 198 Å². The SMILES string of the molecule is CCCC(=O)N1CCN(c2ccc(NC(=O)/C=C/c3ccc(-c4ccc(F)cc4)o3)cc2)CC1. The summed E-state index contributed by atoms with van der Waals surface area (Å²) in [6.07, 6.45) is 4.49. The molecule has 4 rings (SSSR count). The fraction of sp³-hybridized carbons (Fsp3) is 0.259. The minimum atomic E-state index is -0.304. The average molecular weight is 462 g/mol. The first-order chi connectivity index (χ1) is 16.5. The number of furan rings is 1. The van der Waals surface area contributed by atoms with E-state index in [9.17, 15) is 14.0 Å². The Hall–Kier alpha value is -3.87. The summed E-state index contributed by atoms with van der Waals surface area (Å²) in [5.41, 5.74) is 2.53. The third-order valence-electron chi connectivity index (χ3n) is 5.75. The maximum absolute atomic E-state index is 13.1. The van der Waals surface area contributed by atoms with Crippen molar-refractivity contribution >= 4 is 29.3 Å². The summed E-state index contributed by atoms with van der Waals surface area (Å²) in [5.74, 6) is 0.791. The Bertz CT molecular complexity index is 1140. The highest BCUT2D eigenvalue weighted by molar-refractivity contribution is 6.01. The molecule has 1 aliphatic heterocycles. The molecule has 6 nitrogen and oxygen atoms in total. The predicted octanol–water partition coefficient (Wildman–Crippen LogP) is 5.19. The van der Waals surface area contributed by atoms with E-state index >= 15 is 0 Å². The van der Waals surface area contributed by atoms with Crippen molar-refractivity contribution in [2.24, 2.45) is 0 Å². The number of halogens is 1. The summed E-state index contributed by atoms with van der Waals surface area (Å²) in [4.78, 5) is 28.5. The lowest BCUT2D eigenvalue weighted by Crippen LogP contribution is -2.48. The molecule has 176 valence electrons. The molecular formula is C27H28FN3O3. The van der Waals surface area contributed by atoms with Crippen molar-refractivity contribution < 1.29 is 18.4 Å². The van der Waals surface area contributed by atoms with Gasteiger partial charge in [-0.15, -0.1) is 0 Å². The Kier molecular flexibility index (Phi) is 7.42. The second-order valence-electron chi connectivity index (χ2n) is 8.20. The summed E-state index contributed by atoms with van der Waals surface area (Å²) < 4.78 is 18.8. The van der Waals surface area contributed by atoms with Gasteiger partial charge in [0.15, 0.2) is 0 Å². The summed E-state index contributed by atoms with van der Waals surface area (Å²) in [5, 5.41) is 2.84. The Balaban J connectivity index is 1.28. The van der Waals surface area contributed by atoms with Gasteiger partial charge in [-0.1, -0.05) is 6.92 Å². The van der Waals surface area contributed by atoms with E-state index in [1.807, 2.05) is 36.1 Å². The van der Waals surface area contributed by atoms with Crippen LogP contribution in [-0.2, 0) is 9.59 Å². The van der Waals surface area contributed by atoms with Crippen molar-refractivity contribution in [3.63, 3.8) is 0 Å². The van der Waals surface area contributed by atoms with Gasteiger partial charge in [-0.2, -0.15) is 0 Å².